The number of aromatic nitrogens is 2. The Kier molecular flexibility index (Phi) is 4.25. The molecule has 1 aliphatic heterocycles. The summed E-state index contributed by atoms with van der Waals surface area (Å²) < 4.78 is 0. The van der Waals surface area contributed by atoms with Crippen molar-refractivity contribution in [1.29, 1.82) is 0 Å². The molecule has 0 radical (unpaired) electrons. The van der Waals surface area contributed by atoms with E-state index in [1.165, 1.54) is 29.8 Å². The Bertz CT molecular complexity index is 548. The number of H-pyrrole nitrogens is 1. The molecule has 0 spiro atoms. The quantitative estimate of drug-likeness (QED) is 0.907. The molecule has 0 unspecified atom stereocenters. The lowest BCUT2D eigenvalue weighted by molar-refractivity contribution is 0.413. The first-order valence-corrected chi connectivity index (χ1v) is 7.78. The molecule has 0 atom stereocenters. The lowest BCUT2D eigenvalue weighted by Crippen LogP contribution is -2.42. The van der Waals surface area contributed by atoms with Crippen LogP contribution in [0.3, 0.4) is 0 Å². The van der Waals surface area contributed by atoms with Crippen molar-refractivity contribution in [1.82, 2.24) is 15.5 Å². The minimum absolute atomic E-state index is 0.610. The fraction of sp³-hybridized carbons (Fsp3) is 0.471. The third-order valence-corrected chi connectivity index (χ3v) is 4.46. The molecule has 3 rings (SSSR count). The summed E-state index contributed by atoms with van der Waals surface area (Å²) in [5.74, 6) is 0. The molecule has 21 heavy (non-hydrogen) atoms. The largest absolute Gasteiger partial charge is 0.371 e. The number of nitrogens with zero attached hydrogens (tertiary/aromatic N) is 2. The molecular formula is C17H24N4. The summed E-state index contributed by atoms with van der Waals surface area (Å²) in [6.45, 7) is 7.34. The Balaban J connectivity index is 1.50. The van der Waals surface area contributed by atoms with Gasteiger partial charge in [0.2, 0.25) is 0 Å². The van der Waals surface area contributed by atoms with Crippen LogP contribution in [0.25, 0.3) is 0 Å². The Labute approximate surface area is 126 Å². The second kappa shape index (κ2) is 6.31. The van der Waals surface area contributed by atoms with Crippen LogP contribution < -0.4 is 10.2 Å². The van der Waals surface area contributed by atoms with Gasteiger partial charge < -0.3 is 10.2 Å². The highest BCUT2D eigenvalue weighted by Crippen LogP contribution is 2.20. The van der Waals surface area contributed by atoms with Gasteiger partial charge in [0.15, 0.2) is 0 Å². The topological polar surface area (TPSA) is 44.0 Å². The summed E-state index contributed by atoms with van der Waals surface area (Å²) >= 11 is 0. The van der Waals surface area contributed by atoms with E-state index in [9.17, 15) is 0 Å². The number of aryl methyl sites for hydroxylation is 2. The summed E-state index contributed by atoms with van der Waals surface area (Å²) in [5, 5.41) is 11.0. The molecule has 1 aromatic heterocycles. The summed E-state index contributed by atoms with van der Waals surface area (Å²) in [6.07, 6.45) is 2.40. The second-order valence-corrected chi connectivity index (χ2v) is 5.89. The van der Waals surface area contributed by atoms with Gasteiger partial charge in [0.1, 0.15) is 0 Å². The first-order chi connectivity index (χ1) is 10.2. The predicted molar refractivity (Wildman–Crippen MR) is 86.6 cm³/mol. The van der Waals surface area contributed by atoms with Crippen molar-refractivity contribution in [3.8, 4) is 0 Å². The fourth-order valence-electron chi connectivity index (χ4n) is 3.06. The third kappa shape index (κ3) is 3.27. The van der Waals surface area contributed by atoms with Gasteiger partial charge in [-0.25, -0.2) is 0 Å². The van der Waals surface area contributed by atoms with Crippen molar-refractivity contribution in [3.63, 3.8) is 0 Å². The molecule has 112 valence electrons. The van der Waals surface area contributed by atoms with Gasteiger partial charge in [-0.1, -0.05) is 18.2 Å². The lowest BCUT2D eigenvalue weighted by Gasteiger charge is -2.34. The van der Waals surface area contributed by atoms with Crippen molar-refractivity contribution in [2.45, 2.75) is 39.3 Å². The Morgan fingerprint density at radius 1 is 1.19 bits per heavy atom. The number of nitrogens with one attached hydrogen (secondary N) is 2. The van der Waals surface area contributed by atoms with Crippen LogP contribution in [0.15, 0.2) is 30.3 Å². The SMILES string of the molecule is Cc1n[nH]c(C)c1CNC1CCN(c2ccccc2)CC1. The number of rotatable bonds is 4. The molecule has 2 heterocycles. The van der Waals surface area contributed by atoms with Gasteiger partial charge in [-0.15, -0.1) is 0 Å². The van der Waals surface area contributed by atoms with Crippen molar-refractivity contribution < 1.29 is 0 Å². The van der Waals surface area contributed by atoms with E-state index in [1.54, 1.807) is 0 Å². The van der Waals surface area contributed by atoms with E-state index < -0.39 is 0 Å². The van der Waals surface area contributed by atoms with Gasteiger partial charge in [0, 0.05) is 42.6 Å². The highest BCUT2D eigenvalue weighted by atomic mass is 15.2. The molecule has 0 saturated carbocycles. The highest BCUT2D eigenvalue weighted by Gasteiger charge is 2.19. The summed E-state index contributed by atoms with van der Waals surface area (Å²) in [6, 6.07) is 11.3. The minimum atomic E-state index is 0.610. The van der Waals surface area contributed by atoms with Gasteiger partial charge in [-0.3, -0.25) is 5.10 Å². The van der Waals surface area contributed by atoms with Crippen LogP contribution in [0, 0.1) is 13.8 Å². The standard InChI is InChI=1S/C17H24N4/c1-13-17(14(2)20-19-13)12-18-15-8-10-21(11-9-15)16-6-4-3-5-7-16/h3-7,15,18H,8-12H2,1-2H3,(H,19,20). The summed E-state index contributed by atoms with van der Waals surface area (Å²) in [7, 11) is 0. The molecule has 2 N–H and O–H groups in total. The number of benzene rings is 1. The number of hydrogen-bond acceptors (Lipinski definition) is 3. The van der Waals surface area contributed by atoms with Crippen molar-refractivity contribution >= 4 is 5.69 Å². The second-order valence-electron chi connectivity index (χ2n) is 5.89. The maximum Gasteiger partial charge on any atom is 0.0638 e. The minimum Gasteiger partial charge on any atom is -0.371 e. The molecule has 0 aliphatic carbocycles. The van der Waals surface area contributed by atoms with Crippen LogP contribution in [0.2, 0.25) is 0 Å². The average Bonchev–Trinajstić information content (AvgIpc) is 2.85. The van der Waals surface area contributed by atoms with Crippen molar-refractivity contribution in [2.24, 2.45) is 0 Å². The Hall–Kier alpha value is -1.81. The molecule has 0 bridgehead atoms. The van der Waals surface area contributed by atoms with E-state index in [0.717, 1.165) is 25.3 Å². The molecule has 1 fully saturated rings. The van der Waals surface area contributed by atoms with Gasteiger partial charge in [-0.05, 0) is 38.8 Å². The molecule has 1 saturated heterocycles. The smallest absolute Gasteiger partial charge is 0.0638 e. The molecule has 4 heteroatoms. The van der Waals surface area contributed by atoms with E-state index >= 15 is 0 Å². The van der Waals surface area contributed by atoms with Crippen LogP contribution in [0.5, 0.6) is 0 Å². The normalized spacial score (nSPS) is 16.4. The molecule has 0 amide bonds. The van der Waals surface area contributed by atoms with Gasteiger partial charge in [0.25, 0.3) is 0 Å². The van der Waals surface area contributed by atoms with E-state index in [0.29, 0.717) is 6.04 Å². The summed E-state index contributed by atoms with van der Waals surface area (Å²) in [4.78, 5) is 2.48. The first kappa shape index (κ1) is 14.1. The number of anilines is 1. The van der Waals surface area contributed by atoms with E-state index in [4.69, 9.17) is 0 Å². The predicted octanol–water partition coefficient (Wildman–Crippen LogP) is 2.79. The third-order valence-electron chi connectivity index (χ3n) is 4.46. The Morgan fingerprint density at radius 2 is 1.90 bits per heavy atom. The maximum absolute atomic E-state index is 4.26. The zero-order valence-electron chi connectivity index (χ0n) is 12.9. The van der Waals surface area contributed by atoms with Crippen LogP contribution in [-0.2, 0) is 6.54 Å². The molecule has 1 aliphatic rings. The number of piperidine rings is 1. The van der Waals surface area contributed by atoms with E-state index in [-0.39, 0.29) is 0 Å². The van der Waals surface area contributed by atoms with E-state index in [2.05, 4.69) is 64.6 Å². The van der Waals surface area contributed by atoms with Crippen molar-refractivity contribution in [2.75, 3.05) is 18.0 Å². The lowest BCUT2D eigenvalue weighted by atomic mass is 10.0. The monoisotopic (exact) mass is 284 g/mol. The maximum atomic E-state index is 4.26. The van der Waals surface area contributed by atoms with Crippen LogP contribution >= 0.6 is 0 Å². The number of hydrogen-bond donors (Lipinski definition) is 2. The zero-order chi connectivity index (χ0) is 14.7. The average molecular weight is 284 g/mol. The fourth-order valence-corrected chi connectivity index (χ4v) is 3.06. The summed E-state index contributed by atoms with van der Waals surface area (Å²) in [5.41, 5.74) is 4.96. The number of aromatic amines is 1. The van der Waals surface area contributed by atoms with Gasteiger partial charge in [-0.2, -0.15) is 5.10 Å². The number of para-hydroxylation sites is 1. The molecule has 1 aromatic carbocycles. The molecule has 4 nitrogen and oxygen atoms in total. The van der Waals surface area contributed by atoms with Crippen LogP contribution in [-0.4, -0.2) is 29.3 Å². The van der Waals surface area contributed by atoms with Crippen LogP contribution in [0.4, 0.5) is 5.69 Å². The highest BCUT2D eigenvalue weighted by molar-refractivity contribution is 5.46. The first-order valence-electron chi connectivity index (χ1n) is 7.78. The van der Waals surface area contributed by atoms with E-state index in [1.807, 2.05) is 0 Å². The van der Waals surface area contributed by atoms with Crippen molar-refractivity contribution in [3.05, 3.63) is 47.3 Å². The van der Waals surface area contributed by atoms with Crippen LogP contribution in [0.1, 0.15) is 29.8 Å². The van der Waals surface area contributed by atoms with Gasteiger partial charge >= 0.3 is 0 Å². The van der Waals surface area contributed by atoms with Gasteiger partial charge in [0.05, 0.1) is 5.69 Å². The molecular weight excluding hydrogens is 260 g/mol. The zero-order valence-corrected chi connectivity index (χ0v) is 12.9. The molecule has 2 aromatic rings. The Morgan fingerprint density at radius 3 is 2.52 bits per heavy atom.